The van der Waals surface area contributed by atoms with Gasteiger partial charge in [-0.2, -0.15) is 0 Å². The van der Waals surface area contributed by atoms with Crippen LogP contribution in [0.25, 0.3) is 0 Å². The number of aliphatic hydroxyl groups is 2. The molecule has 0 spiro atoms. The Hall–Kier alpha value is -2.18. The van der Waals surface area contributed by atoms with E-state index in [2.05, 4.69) is 74.7 Å². The second-order valence-corrected chi connectivity index (χ2v) is 16.1. The van der Waals surface area contributed by atoms with Gasteiger partial charge in [0.05, 0.1) is 25.2 Å². The largest absolute Gasteiger partial charge is 0.462 e. The van der Waals surface area contributed by atoms with Crippen molar-refractivity contribution in [3.63, 3.8) is 0 Å². The van der Waals surface area contributed by atoms with E-state index in [1.807, 2.05) is 0 Å². The van der Waals surface area contributed by atoms with Crippen molar-refractivity contribution in [2.24, 2.45) is 0 Å². The number of unbranched alkanes of at least 4 members (excludes halogenated alkanes) is 22. The third kappa shape index (κ3) is 38.7. The van der Waals surface area contributed by atoms with Crippen LogP contribution < -0.4 is 5.32 Å². The lowest BCUT2D eigenvalue weighted by atomic mass is 10.0. The Bertz CT molecular complexity index is 972. The molecule has 3 atom stereocenters. The standard InChI is InChI=1S/C50H91NO5/c1-4-7-10-13-16-19-22-24-26-27-29-32-35-38-41-46(56-50(55)43-40-37-34-31-28-25-23-20-17-14-11-8-5-2)44-49(54)51-47(45-52)48(53)42-39-36-33-30-21-18-15-12-9-6-3/h7,10,16,19,24,26,29,32,46-48,52-53H,4-6,8-9,11-15,17-18,20-23,25,27-28,30-31,33-45H2,1-3H3,(H,51,54)/b10-7+,19-16+,26-24+,32-29+. The summed E-state index contributed by atoms with van der Waals surface area (Å²) in [6.45, 7) is 6.33. The molecule has 326 valence electrons. The van der Waals surface area contributed by atoms with Crippen LogP contribution >= 0.6 is 0 Å². The zero-order chi connectivity index (χ0) is 41.0. The molecule has 6 heteroatoms. The summed E-state index contributed by atoms with van der Waals surface area (Å²) >= 11 is 0. The van der Waals surface area contributed by atoms with E-state index >= 15 is 0 Å². The van der Waals surface area contributed by atoms with Crippen LogP contribution in [0.2, 0.25) is 0 Å². The first kappa shape index (κ1) is 53.8. The highest BCUT2D eigenvalue weighted by Gasteiger charge is 2.24. The summed E-state index contributed by atoms with van der Waals surface area (Å²) < 4.78 is 5.89. The van der Waals surface area contributed by atoms with Gasteiger partial charge in [0.1, 0.15) is 6.10 Å². The van der Waals surface area contributed by atoms with E-state index in [1.165, 1.54) is 109 Å². The Kier molecular flexibility index (Phi) is 42.2. The predicted octanol–water partition coefficient (Wildman–Crippen LogP) is 13.9. The molecule has 1 amide bonds. The van der Waals surface area contributed by atoms with Crippen molar-refractivity contribution in [3.8, 4) is 0 Å². The van der Waals surface area contributed by atoms with Gasteiger partial charge in [-0.05, 0) is 57.8 Å². The van der Waals surface area contributed by atoms with Crippen molar-refractivity contribution in [2.45, 2.75) is 251 Å². The van der Waals surface area contributed by atoms with E-state index in [1.54, 1.807) is 0 Å². The third-order valence-corrected chi connectivity index (χ3v) is 10.7. The van der Waals surface area contributed by atoms with Crippen LogP contribution in [0.3, 0.4) is 0 Å². The molecule has 0 aliphatic heterocycles. The summed E-state index contributed by atoms with van der Waals surface area (Å²) in [5, 5.41) is 23.6. The van der Waals surface area contributed by atoms with Crippen LogP contribution in [0.1, 0.15) is 233 Å². The SMILES string of the molecule is CC/C=C/C/C=C/C/C=C/C/C=C/CCCC(CC(=O)NC(CO)C(O)CCCCCCCCCCCC)OC(=O)CCCCCCCCCCCCCCC. The van der Waals surface area contributed by atoms with E-state index < -0.39 is 18.2 Å². The topological polar surface area (TPSA) is 95.9 Å². The van der Waals surface area contributed by atoms with Crippen LogP contribution in [0.15, 0.2) is 48.6 Å². The molecule has 3 N–H and O–H groups in total. The Balaban J connectivity index is 4.68. The predicted molar refractivity (Wildman–Crippen MR) is 241 cm³/mol. The summed E-state index contributed by atoms with van der Waals surface area (Å²) in [6, 6.07) is -0.715. The van der Waals surface area contributed by atoms with Crippen LogP contribution in [0, 0.1) is 0 Å². The zero-order valence-corrected chi connectivity index (χ0v) is 37.0. The fourth-order valence-electron chi connectivity index (χ4n) is 7.07. The van der Waals surface area contributed by atoms with Crippen molar-refractivity contribution in [3.05, 3.63) is 48.6 Å². The fraction of sp³-hybridized carbons (Fsp3) is 0.800. The van der Waals surface area contributed by atoms with Gasteiger partial charge in [0.15, 0.2) is 0 Å². The number of aliphatic hydroxyl groups excluding tert-OH is 2. The van der Waals surface area contributed by atoms with Gasteiger partial charge in [-0.15, -0.1) is 0 Å². The van der Waals surface area contributed by atoms with Gasteiger partial charge in [-0.25, -0.2) is 0 Å². The van der Waals surface area contributed by atoms with E-state index in [0.717, 1.165) is 77.0 Å². The molecule has 0 aromatic heterocycles. The second kappa shape index (κ2) is 43.9. The van der Waals surface area contributed by atoms with Gasteiger partial charge < -0.3 is 20.3 Å². The Labute approximate surface area is 346 Å². The summed E-state index contributed by atoms with van der Waals surface area (Å²) in [4.78, 5) is 26.0. The number of hydrogen-bond acceptors (Lipinski definition) is 5. The molecule has 0 radical (unpaired) electrons. The van der Waals surface area contributed by atoms with Crippen molar-refractivity contribution in [2.75, 3.05) is 6.61 Å². The molecule has 6 nitrogen and oxygen atoms in total. The summed E-state index contributed by atoms with van der Waals surface area (Å²) in [5.74, 6) is -0.525. The average molecular weight is 786 g/mol. The first-order chi connectivity index (χ1) is 27.5. The fourth-order valence-corrected chi connectivity index (χ4v) is 7.07. The number of ether oxygens (including phenoxy) is 1. The van der Waals surface area contributed by atoms with Crippen LogP contribution in [0.4, 0.5) is 0 Å². The normalized spacial score (nSPS) is 13.7. The lowest BCUT2D eigenvalue weighted by molar-refractivity contribution is -0.151. The molecule has 0 aromatic rings. The highest BCUT2D eigenvalue weighted by Crippen LogP contribution is 2.17. The summed E-state index contributed by atoms with van der Waals surface area (Å²) in [7, 11) is 0. The minimum atomic E-state index is -0.798. The molecule has 3 unspecified atom stereocenters. The Morgan fingerprint density at radius 2 is 0.964 bits per heavy atom. The number of carbonyl (C=O) groups excluding carboxylic acids is 2. The number of allylic oxidation sites excluding steroid dienone is 8. The molecule has 0 aromatic carbocycles. The van der Waals surface area contributed by atoms with Gasteiger partial charge in [0.25, 0.3) is 0 Å². The molecule has 0 aliphatic rings. The number of hydrogen-bond donors (Lipinski definition) is 3. The van der Waals surface area contributed by atoms with Crippen molar-refractivity contribution in [1.82, 2.24) is 5.32 Å². The minimum absolute atomic E-state index is 0.0417. The van der Waals surface area contributed by atoms with Crippen LogP contribution in [0.5, 0.6) is 0 Å². The van der Waals surface area contributed by atoms with E-state index in [0.29, 0.717) is 19.3 Å². The second-order valence-electron chi connectivity index (χ2n) is 16.1. The molecule has 0 fully saturated rings. The first-order valence-electron chi connectivity index (χ1n) is 23.9. The molecule has 0 aliphatic carbocycles. The molecule has 0 rings (SSSR count). The number of carbonyl (C=O) groups is 2. The molecular formula is C50H91NO5. The molecule has 56 heavy (non-hydrogen) atoms. The van der Waals surface area contributed by atoms with Gasteiger partial charge in [-0.1, -0.05) is 211 Å². The Morgan fingerprint density at radius 1 is 0.536 bits per heavy atom. The number of amides is 1. The molecular weight excluding hydrogens is 695 g/mol. The molecule has 0 heterocycles. The van der Waals surface area contributed by atoms with Crippen LogP contribution in [-0.4, -0.2) is 46.9 Å². The third-order valence-electron chi connectivity index (χ3n) is 10.7. The summed E-state index contributed by atoms with van der Waals surface area (Å²) in [6.07, 6.45) is 51.7. The Morgan fingerprint density at radius 3 is 1.43 bits per heavy atom. The first-order valence-corrected chi connectivity index (χ1v) is 23.9. The van der Waals surface area contributed by atoms with Gasteiger partial charge in [-0.3, -0.25) is 9.59 Å². The zero-order valence-electron chi connectivity index (χ0n) is 37.0. The number of esters is 1. The van der Waals surface area contributed by atoms with E-state index in [9.17, 15) is 19.8 Å². The smallest absolute Gasteiger partial charge is 0.306 e. The number of rotatable bonds is 42. The number of nitrogens with one attached hydrogen (secondary N) is 1. The maximum atomic E-state index is 13.1. The molecule has 0 bridgehead atoms. The van der Waals surface area contributed by atoms with Crippen LogP contribution in [-0.2, 0) is 14.3 Å². The lowest BCUT2D eigenvalue weighted by Crippen LogP contribution is -2.46. The highest BCUT2D eigenvalue weighted by atomic mass is 16.5. The quantitative estimate of drug-likeness (QED) is 0.0325. The summed E-state index contributed by atoms with van der Waals surface area (Å²) in [5.41, 5.74) is 0. The van der Waals surface area contributed by atoms with Crippen molar-refractivity contribution in [1.29, 1.82) is 0 Å². The minimum Gasteiger partial charge on any atom is -0.462 e. The highest BCUT2D eigenvalue weighted by molar-refractivity contribution is 5.77. The maximum Gasteiger partial charge on any atom is 0.306 e. The monoisotopic (exact) mass is 786 g/mol. The average Bonchev–Trinajstić information content (AvgIpc) is 3.19. The van der Waals surface area contributed by atoms with Crippen molar-refractivity contribution >= 4 is 11.9 Å². The van der Waals surface area contributed by atoms with Gasteiger partial charge in [0, 0.05) is 6.42 Å². The van der Waals surface area contributed by atoms with E-state index in [4.69, 9.17) is 4.74 Å². The van der Waals surface area contributed by atoms with Gasteiger partial charge >= 0.3 is 5.97 Å². The van der Waals surface area contributed by atoms with E-state index in [-0.39, 0.29) is 24.9 Å². The van der Waals surface area contributed by atoms with Gasteiger partial charge in [0.2, 0.25) is 5.91 Å². The van der Waals surface area contributed by atoms with Crippen molar-refractivity contribution < 1.29 is 24.5 Å². The lowest BCUT2D eigenvalue weighted by Gasteiger charge is -2.24. The molecule has 0 saturated heterocycles. The maximum absolute atomic E-state index is 13.1. The molecule has 0 saturated carbocycles.